The van der Waals surface area contributed by atoms with Gasteiger partial charge < -0.3 is 47.1 Å². The average molecular weight is 1230 g/mol. The first-order valence-corrected chi connectivity index (χ1v) is 37.5. The molecule has 0 aromatic heterocycles. The van der Waals surface area contributed by atoms with Crippen LogP contribution in [0.3, 0.4) is 0 Å². The maximum atomic E-state index is 14.2. The van der Waals surface area contributed by atoms with Crippen molar-refractivity contribution in [1.29, 1.82) is 0 Å². The Morgan fingerprint density at radius 1 is 0.400 bits per heavy atom. The first kappa shape index (κ1) is 77.0. The van der Waals surface area contributed by atoms with Crippen molar-refractivity contribution < 1.29 is 76.0 Å². The maximum absolute atomic E-state index is 14.2. The molecule has 0 aromatic carbocycles. The second-order valence-electron chi connectivity index (χ2n) is 27.2. The van der Waals surface area contributed by atoms with Gasteiger partial charge in [-0.05, 0) is 71.5 Å². The van der Waals surface area contributed by atoms with Gasteiger partial charge in [0, 0.05) is 25.7 Å². The molecule has 16 nitrogen and oxygen atoms in total. The molecule has 498 valence electrons. The van der Waals surface area contributed by atoms with Crippen molar-refractivity contribution in [3.63, 3.8) is 0 Å². The molecule has 0 N–H and O–H groups in total. The Labute approximate surface area is 518 Å². The summed E-state index contributed by atoms with van der Waals surface area (Å²) in [5.41, 5.74) is 0. The van der Waals surface area contributed by atoms with Crippen LogP contribution in [-0.4, -0.2) is 119 Å². The van der Waals surface area contributed by atoms with Gasteiger partial charge in [-0.3, -0.25) is 19.2 Å². The highest BCUT2D eigenvalue weighted by atomic mass is 28.4. The first-order valence-electron chi connectivity index (χ1n) is 34.6. The molecule has 0 radical (unpaired) electrons. The SMILES string of the molecule is CCCCCCCCCCCCCCCC(=O)O[C@@H]1[C@H](OC(=O)CCCCCCCCCCCCCCC)[C@H](OOC[C@H]2OC(C)(C)O[C@H]2[C@@H]2OC(C)(C)O[C@@H]2CO[Si](C)(C)C(C)(C)C)O[C@H](COC(=O)CCCCC)[C@H]1OC(=O)CCCCC. The fraction of sp³-hybridized carbons (Fsp3) is 0.941. The third-order valence-corrected chi connectivity index (χ3v) is 21.8. The summed E-state index contributed by atoms with van der Waals surface area (Å²) < 4.78 is 64.1. The third kappa shape index (κ3) is 31.9. The summed E-state index contributed by atoms with van der Waals surface area (Å²) in [6, 6.07) is 0. The summed E-state index contributed by atoms with van der Waals surface area (Å²) in [4.78, 5) is 67.7. The molecule has 0 amide bonds. The summed E-state index contributed by atoms with van der Waals surface area (Å²) in [6.07, 6.45) is 25.5. The highest BCUT2D eigenvalue weighted by Gasteiger charge is 2.56. The van der Waals surface area contributed by atoms with Crippen LogP contribution in [-0.2, 0) is 76.0 Å². The lowest BCUT2D eigenvalue weighted by Crippen LogP contribution is -2.63. The van der Waals surface area contributed by atoms with Crippen LogP contribution in [0, 0.1) is 0 Å². The number of esters is 4. The van der Waals surface area contributed by atoms with E-state index in [1.54, 1.807) is 0 Å². The standard InChI is InChI=1S/C68H126O16Si/c1-14-18-22-24-26-28-30-32-34-36-38-40-44-48-58(71)78-63-60(77-57(70)47-43-21-17-4)53(50-73-56(69)46-42-20-16-3)76-65(64(63)79-59(72)49-45-41-39-37-35-33-31-29-27-25-23-19-15-2)84-74-51-54-61(82-67(8,9)80-54)62-55(81-68(10,11)83-62)52-75-85(12,13)66(5,6)7/h53-55,60-65H,14-52H2,1-13H3/t53-,54-,55-,60-,61-,62-,63+,64+,65+/m1/s1. The zero-order valence-electron chi connectivity index (χ0n) is 56.3. The molecule has 17 heteroatoms. The van der Waals surface area contributed by atoms with Gasteiger partial charge >= 0.3 is 23.9 Å². The number of ether oxygens (including phenoxy) is 9. The number of unbranched alkanes of at least 4 members (excludes halogenated alkanes) is 28. The maximum Gasteiger partial charge on any atom is 0.306 e. The molecule has 3 saturated heterocycles. The number of rotatable bonds is 49. The van der Waals surface area contributed by atoms with Crippen LogP contribution in [0.4, 0.5) is 0 Å². The molecule has 0 aliphatic carbocycles. The molecular formula is C68H126O16Si. The molecular weight excluding hydrogens is 1100 g/mol. The predicted octanol–water partition coefficient (Wildman–Crippen LogP) is 17.1. The van der Waals surface area contributed by atoms with Crippen molar-refractivity contribution in [3.8, 4) is 0 Å². The Kier molecular flexibility index (Phi) is 38.7. The van der Waals surface area contributed by atoms with Crippen LogP contribution >= 0.6 is 0 Å². The Morgan fingerprint density at radius 3 is 1.13 bits per heavy atom. The van der Waals surface area contributed by atoms with E-state index in [1.807, 2.05) is 34.6 Å². The molecule has 3 rings (SSSR count). The van der Waals surface area contributed by atoms with E-state index >= 15 is 0 Å². The van der Waals surface area contributed by atoms with Crippen LogP contribution in [0.2, 0.25) is 18.1 Å². The van der Waals surface area contributed by atoms with Crippen LogP contribution in [0.15, 0.2) is 0 Å². The lowest BCUT2D eigenvalue weighted by atomic mass is 9.97. The minimum Gasteiger partial charge on any atom is -0.463 e. The normalized spacial score (nSPS) is 23.9. The van der Waals surface area contributed by atoms with E-state index in [9.17, 15) is 19.2 Å². The van der Waals surface area contributed by atoms with Gasteiger partial charge in [0.2, 0.25) is 6.29 Å². The molecule has 85 heavy (non-hydrogen) atoms. The molecule has 3 aliphatic heterocycles. The van der Waals surface area contributed by atoms with E-state index in [2.05, 4.69) is 54.6 Å². The third-order valence-electron chi connectivity index (χ3n) is 17.3. The quantitative estimate of drug-likeness (QED) is 0.0140. The van der Waals surface area contributed by atoms with Gasteiger partial charge in [0.25, 0.3) is 0 Å². The van der Waals surface area contributed by atoms with Crippen LogP contribution < -0.4 is 0 Å². The minimum absolute atomic E-state index is 0.0331. The highest BCUT2D eigenvalue weighted by molar-refractivity contribution is 6.74. The van der Waals surface area contributed by atoms with E-state index in [0.29, 0.717) is 25.7 Å². The van der Waals surface area contributed by atoms with E-state index < -0.39 is 98.9 Å². The van der Waals surface area contributed by atoms with Crippen molar-refractivity contribution in [2.24, 2.45) is 0 Å². The smallest absolute Gasteiger partial charge is 0.306 e. The average Bonchev–Trinajstić information content (AvgIpc) is 3.68. The van der Waals surface area contributed by atoms with E-state index in [-0.39, 0.29) is 50.5 Å². The van der Waals surface area contributed by atoms with E-state index in [4.69, 9.17) is 56.8 Å². The number of carbonyl (C=O) groups is 4. The van der Waals surface area contributed by atoms with Gasteiger partial charge in [0.15, 0.2) is 38.2 Å². The lowest BCUT2D eigenvalue weighted by molar-refractivity contribution is -0.429. The molecule has 0 aromatic rings. The fourth-order valence-corrected chi connectivity index (χ4v) is 12.2. The van der Waals surface area contributed by atoms with Gasteiger partial charge in [-0.1, -0.05) is 228 Å². The largest absolute Gasteiger partial charge is 0.463 e. The van der Waals surface area contributed by atoms with E-state index in [1.165, 1.54) is 116 Å². The monoisotopic (exact) mass is 1230 g/mol. The second kappa shape index (κ2) is 42.7. The fourth-order valence-electron chi connectivity index (χ4n) is 11.2. The predicted molar refractivity (Wildman–Crippen MR) is 336 cm³/mol. The van der Waals surface area contributed by atoms with Gasteiger partial charge in [-0.2, -0.15) is 0 Å². The summed E-state index contributed by atoms with van der Waals surface area (Å²) in [7, 11) is -2.19. The van der Waals surface area contributed by atoms with Crippen LogP contribution in [0.25, 0.3) is 0 Å². The second-order valence-corrected chi connectivity index (χ2v) is 32.0. The van der Waals surface area contributed by atoms with E-state index in [0.717, 1.165) is 64.2 Å². The van der Waals surface area contributed by atoms with Crippen LogP contribution in [0.1, 0.15) is 307 Å². The zero-order valence-corrected chi connectivity index (χ0v) is 57.3. The van der Waals surface area contributed by atoms with Crippen molar-refractivity contribution in [3.05, 3.63) is 0 Å². The molecule has 9 atom stereocenters. The molecule has 3 fully saturated rings. The van der Waals surface area contributed by atoms with Crippen molar-refractivity contribution in [2.75, 3.05) is 19.8 Å². The number of hydrogen-bond acceptors (Lipinski definition) is 16. The number of hydrogen-bond donors (Lipinski definition) is 0. The molecule has 0 bridgehead atoms. The molecule has 3 aliphatic rings. The van der Waals surface area contributed by atoms with Crippen LogP contribution in [0.5, 0.6) is 0 Å². The summed E-state index contributed by atoms with van der Waals surface area (Å²) in [5, 5.41) is -0.0331. The van der Waals surface area contributed by atoms with Gasteiger partial charge in [0.05, 0.1) is 6.61 Å². The van der Waals surface area contributed by atoms with Crippen molar-refractivity contribution in [1.82, 2.24) is 0 Å². The topological polar surface area (TPSA) is 179 Å². The molecule has 0 unspecified atom stereocenters. The minimum atomic E-state index is -2.19. The zero-order chi connectivity index (χ0) is 62.6. The Balaban J connectivity index is 1.91. The first-order chi connectivity index (χ1) is 40.6. The lowest BCUT2D eigenvalue weighted by Gasteiger charge is -2.43. The Morgan fingerprint density at radius 2 is 0.729 bits per heavy atom. The summed E-state index contributed by atoms with van der Waals surface area (Å²) in [5.74, 6) is -4.12. The molecule has 0 spiro atoms. The van der Waals surface area contributed by atoms with Crippen molar-refractivity contribution in [2.45, 2.75) is 392 Å². The van der Waals surface area contributed by atoms with Crippen molar-refractivity contribution >= 4 is 32.2 Å². The van der Waals surface area contributed by atoms with Gasteiger partial charge in [-0.15, -0.1) is 0 Å². The Bertz CT molecular complexity index is 1790. The Hall–Kier alpha value is -2.22. The van der Waals surface area contributed by atoms with Gasteiger partial charge in [-0.25, -0.2) is 9.78 Å². The number of carbonyl (C=O) groups excluding carboxylic acids is 4. The molecule has 3 heterocycles. The summed E-state index contributed by atoms with van der Waals surface area (Å²) >= 11 is 0. The molecule has 0 saturated carbocycles. The summed E-state index contributed by atoms with van der Waals surface area (Å²) in [6.45, 7) is 26.6. The van der Waals surface area contributed by atoms with Gasteiger partial charge in [0.1, 0.15) is 43.7 Å². The highest BCUT2D eigenvalue weighted by Crippen LogP contribution is 2.42.